The highest BCUT2D eigenvalue weighted by molar-refractivity contribution is 14.1. The Morgan fingerprint density at radius 1 is 1.11 bits per heavy atom. The van der Waals surface area contributed by atoms with Crippen LogP contribution in [0.3, 0.4) is 0 Å². The third-order valence-electron chi connectivity index (χ3n) is 2.84. The molecule has 0 bridgehead atoms. The van der Waals surface area contributed by atoms with Crippen LogP contribution < -0.4 is 10.5 Å². The van der Waals surface area contributed by atoms with Crippen LogP contribution in [0.4, 0.5) is 8.78 Å². The van der Waals surface area contributed by atoms with Crippen molar-refractivity contribution in [3.8, 4) is 5.75 Å². The first kappa shape index (κ1) is 14.2. The molecule has 2 N–H and O–H groups in total. The van der Waals surface area contributed by atoms with Crippen molar-refractivity contribution in [2.45, 2.75) is 6.04 Å². The summed E-state index contributed by atoms with van der Waals surface area (Å²) < 4.78 is 32.6. The molecule has 0 aliphatic carbocycles. The van der Waals surface area contributed by atoms with Gasteiger partial charge >= 0.3 is 0 Å². The molecule has 100 valence electrons. The molecule has 0 heterocycles. The molecule has 1 unspecified atom stereocenters. The van der Waals surface area contributed by atoms with Crippen molar-refractivity contribution in [1.82, 2.24) is 0 Å². The first-order valence-corrected chi connectivity index (χ1v) is 6.64. The fourth-order valence-electron chi connectivity index (χ4n) is 1.81. The predicted molar refractivity (Wildman–Crippen MR) is 78.1 cm³/mol. The van der Waals surface area contributed by atoms with E-state index in [-0.39, 0.29) is 5.82 Å². The second-order valence-electron chi connectivity index (χ2n) is 4.03. The van der Waals surface area contributed by atoms with E-state index >= 15 is 0 Å². The fourth-order valence-corrected chi connectivity index (χ4v) is 2.62. The minimum absolute atomic E-state index is 0.337. The minimum atomic E-state index is -0.640. The number of benzene rings is 2. The maximum Gasteiger partial charge on any atom is 0.132 e. The maximum atomic E-state index is 13.9. The second kappa shape index (κ2) is 5.83. The Kier molecular flexibility index (Phi) is 4.36. The van der Waals surface area contributed by atoms with Gasteiger partial charge < -0.3 is 10.5 Å². The molecule has 0 aliphatic heterocycles. The predicted octanol–water partition coefficient (Wildman–Crippen LogP) is 3.63. The van der Waals surface area contributed by atoms with Gasteiger partial charge in [-0.1, -0.05) is 12.1 Å². The summed E-state index contributed by atoms with van der Waals surface area (Å²) in [7, 11) is 1.47. The molecular formula is C14H12F2INO. The zero-order valence-electron chi connectivity index (χ0n) is 10.2. The minimum Gasteiger partial charge on any atom is -0.497 e. The zero-order valence-corrected chi connectivity index (χ0v) is 12.3. The van der Waals surface area contributed by atoms with Gasteiger partial charge in [0.05, 0.1) is 13.2 Å². The van der Waals surface area contributed by atoms with Crippen molar-refractivity contribution in [2.24, 2.45) is 5.73 Å². The molecule has 0 saturated heterocycles. The monoisotopic (exact) mass is 375 g/mol. The van der Waals surface area contributed by atoms with E-state index in [4.69, 9.17) is 10.5 Å². The lowest BCUT2D eigenvalue weighted by Crippen LogP contribution is -2.15. The van der Waals surface area contributed by atoms with E-state index in [2.05, 4.69) is 0 Å². The van der Waals surface area contributed by atoms with E-state index in [0.717, 1.165) is 0 Å². The maximum absolute atomic E-state index is 13.9. The molecule has 5 heteroatoms. The molecule has 2 rings (SSSR count). The topological polar surface area (TPSA) is 35.2 Å². The molecule has 0 amide bonds. The molecule has 0 aliphatic rings. The highest BCUT2D eigenvalue weighted by Gasteiger charge is 2.17. The van der Waals surface area contributed by atoms with Crippen molar-refractivity contribution < 1.29 is 13.5 Å². The van der Waals surface area contributed by atoms with E-state index in [0.29, 0.717) is 20.4 Å². The Hall–Kier alpha value is -1.21. The van der Waals surface area contributed by atoms with Crippen LogP contribution in [0.15, 0.2) is 36.4 Å². The van der Waals surface area contributed by atoms with Crippen molar-refractivity contribution >= 4 is 22.6 Å². The summed E-state index contributed by atoms with van der Waals surface area (Å²) in [6.45, 7) is 0. The van der Waals surface area contributed by atoms with E-state index in [9.17, 15) is 8.78 Å². The molecule has 0 radical (unpaired) electrons. The number of hydrogen-bond donors (Lipinski definition) is 1. The molecule has 2 aromatic rings. The molecule has 2 aromatic carbocycles. The third-order valence-corrected chi connectivity index (χ3v) is 3.77. The fraction of sp³-hybridized carbons (Fsp3) is 0.143. The number of hydrogen-bond acceptors (Lipinski definition) is 2. The van der Waals surface area contributed by atoms with Crippen LogP contribution in [-0.2, 0) is 0 Å². The number of rotatable bonds is 3. The molecule has 0 spiro atoms. The van der Waals surface area contributed by atoms with Crippen LogP contribution in [0.25, 0.3) is 0 Å². The van der Waals surface area contributed by atoms with Gasteiger partial charge in [0.25, 0.3) is 0 Å². The summed E-state index contributed by atoms with van der Waals surface area (Å²) in [5.74, 6) is -0.343. The van der Waals surface area contributed by atoms with Crippen LogP contribution in [0, 0.1) is 15.2 Å². The van der Waals surface area contributed by atoms with Crippen molar-refractivity contribution in [3.05, 3.63) is 62.7 Å². The van der Waals surface area contributed by atoms with Gasteiger partial charge in [-0.2, -0.15) is 0 Å². The Bertz CT molecular complexity index is 604. The van der Waals surface area contributed by atoms with Crippen molar-refractivity contribution in [2.75, 3.05) is 7.11 Å². The van der Waals surface area contributed by atoms with Gasteiger partial charge in [0.1, 0.15) is 17.4 Å². The van der Waals surface area contributed by atoms with Crippen molar-refractivity contribution in [1.29, 1.82) is 0 Å². The first-order chi connectivity index (χ1) is 9.02. The lowest BCUT2D eigenvalue weighted by atomic mass is 9.99. The normalized spacial score (nSPS) is 12.3. The van der Waals surface area contributed by atoms with Crippen LogP contribution in [0.5, 0.6) is 5.75 Å². The third kappa shape index (κ3) is 3.03. The van der Waals surface area contributed by atoms with Gasteiger partial charge in [-0.15, -0.1) is 0 Å². The summed E-state index contributed by atoms with van der Waals surface area (Å²) in [4.78, 5) is 0. The summed E-state index contributed by atoms with van der Waals surface area (Å²) in [6, 6.07) is 8.14. The molecule has 2 nitrogen and oxygen atoms in total. The van der Waals surface area contributed by atoms with E-state index in [1.54, 1.807) is 18.2 Å². The van der Waals surface area contributed by atoms with Crippen molar-refractivity contribution in [3.63, 3.8) is 0 Å². The molecule has 19 heavy (non-hydrogen) atoms. The van der Waals surface area contributed by atoms with Gasteiger partial charge in [-0.25, -0.2) is 8.78 Å². The SMILES string of the molecule is COc1ccc(C(N)c2ccc(F)cc2I)c(F)c1. The quantitative estimate of drug-likeness (QED) is 0.832. The summed E-state index contributed by atoms with van der Waals surface area (Å²) in [6.07, 6.45) is 0. The smallest absolute Gasteiger partial charge is 0.132 e. The van der Waals surface area contributed by atoms with Gasteiger partial charge in [-0.05, 0) is 46.4 Å². The van der Waals surface area contributed by atoms with E-state index in [1.807, 2.05) is 22.6 Å². The highest BCUT2D eigenvalue weighted by atomic mass is 127. The first-order valence-electron chi connectivity index (χ1n) is 5.57. The van der Waals surface area contributed by atoms with Gasteiger partial charge in [0, 0.05) is 15.2 Å². The second-order valence-corrected chi connectivity index (χ2v) is 5.19. The Morgan fingerprint density at radius 2 is 1.79 bits per heavy atom. The van der Waals surface area contributed by atoms with Crippen LogP contribution in [0.2, 0.25) is 0 Å². The van der Waals surface area contributed by atoms with Crippen LogP contribution in [-0.4, -0.2) is 7.11 Å². The molecular weight excluding hydrogens is 363 g/mol. The Balaban J connectivity index is 2.41. The molecule has 0 aromatic heterocycles. The van der Waals surface area contributed by atoms with Gasteiger partial charge in [0.15, 0.2) is 0 Å². The Morgan fingerprint density at radius 3 is 2.37 bits per heavy atom. The number of halogens is 3. The number of ether oxygens (including phenoxy) is 1. The standard InChI is InChI=1S/C14H12F2INO/c1-19-9-3-5-10(12(16)7-9)14(18)11-4-2-8(15)6-13(11)17/h2-7,14H,18H2,1H3. The Labute approximate surface area is 123 Å². The summed E-state index contributed by atoms with van der Waals surface area (Å²) >= 11 is 1.99. The average molecular weight is 375 g/mol. The van der Waals surface area contributed by atoms with Crippen LogP contribution >= 0.6 is 22.6 Å². The van der Waals surface area contributed by atoms with E-state index in [1.165, 1.54) is 25.3 Å². The molecule has 0 fully saturated rings. The van der Waals surface area contributed by atoms with Gasteiger partial charge in [0.2, 0.25) is 0 Å². The number of nitrogens with two attached hydrogens (primary N) is 1. The molecule has 1 atom stereocenters. The molecule has 0 saturated carbocycles. The zero-order chi connectivity index (χ0) is 14.0. The summed E-state index contributed by atoms with van der Waals surface area (Å²) in [5.41, 5.74) is 7.09. The summed E-state index contributed by atoms with van der Waals surface area (Å²) in [5, 5.41) is 0. The van der Waals surface area contributed by atoms with Crippen LogP contribution in [0.1, 0.15) is 17.2 Å². The van der Waals surface area contributed by atoms with E-state index < -0.39 is 11.9 Å². The largest absolute Gasteiger partial charge is 0.497 e. The average Bonchev–Trinajstić information content (AvgIpc) is 2.37. The lowest BCUT2D eigenvalue weighted by Gasteiger charge is -2.16. The number of methoxy groups -OCH3 is 1. The van der Waals surface area contributed by atoms with Gasteiger partial charge in [-0.3, -0.25) is 0 Å². The highest BCUT2D eigenvalue weighted by Crippen LogP contribution is 2.28. The lowest BCUT2D eigenvalue weighted by molar-refractivity contribution is 0.410.